The van der Waals surface area contributed by atoms with Crippen LogP contribution in [0.1, 0.15) is 80.0 Å². The summed E-state index contributed by atoms with van der Waals surface area (Å²) in [5, 5.41) is 1.87. The average Bonchev–Trinajstić information content (AvgIpc) is 3.93. The van der Waals surface area contributed by atoms with E-state index in [2.05, 4.69) is 97.7 Å². The number of hydrogen-bond acceptors (Lipinski definition) is 9. The van der Waals surface area contributed by atoms with Crippen LogP contribution in [-0.4, -0.2) is 102 Å². The Morgan fingerprint density at radius 2 is 1.13 bits per heavy atom. The Labute approximate surface area is 324 Å². The molecule has 0 bridgehead atoms. The Balaban J connectivity index is 1.20. The Kier molecular flexibility index (Phi) is 10.2. The molecule has 6 atom stereocenters. The molecule has 12 heteroatoms. The Morgan fingerprint density at radius 1 is 0.673 bits per heavy atom. The van der Waals surface area contributed by atoms with Crippen molar-refractivity contribution >= 4 is 6.09 Å². The lowest BCUT2D eigenvalue weighted by Crippen LogP contribution is -2.64. The molecule has 294 valence electrons. The molecule has 2 saturated heterocycles. The minimum absolute atomic E-state index is 0.0230. The zero-order valence-electron chi connectivity index (χ0n) is 33.2. The van der Waals surface area contributed by atoms with E-state index in [1.54, 1.807) is 28.4 Å². The molecule has 2 fully saturated rings. The van der Waals surface area contributed by atoms with Crippen molar-refractivity contribution in [1.29, 1.82) is 0 Å². The van der Waals surface area contributed by atoms with Gasteiger partial charge in [-0.1, -0.05) is 0 Å². The second kappa shape index (κ2) is 15.1. The highest BCUT2D eigenvalue weighted by Crippen LogP contribution is 2.47. The van der Waals surface area contributed by atoms with Gasteiger partial charge in [0.15, 0.2) is 23.0 Å². The van der Waals surface area contributed by atoms with Gasteiger partial charge in [0.1, 0.15) is 5.60 Å². The quantitative estimate of drug-likeness (QED) is 0.190. The molecule has 0 saturated carbocycles. The molecule has 12 nitrogen and oxygen atoms in total. The van der Waals surface area contributed by atoms with Crippen molar-refractivity contribution < 1.29 is 28.5 Å². The van der Waals surface area contributed by atoms with E-state index in [9.17, 15) is 4.79 Å². The van der Waals surface area contributed by atoms with Crippen molar-refractivity contribution in [1.82, 2.24) is 29.4 Å². The van der Waals surface area contributed by atoms with Crippen molar-refractivity contribution in [3.05, 3.63) is 95.6 Å². The van der Waals surface area contributed by atoms with E-state index in [4.69, 9.17) is 23.7 Å². The predicted molar refractivity (Wildman–Crippen MR) is 210 cm³/mol. The summed E-state index contributed by atoms with van der Waals surface area (Å²) in [6.07, 6.45) is 11.5. The fourth-order valence-electron chi connectivity index (χ4n) is 9.58. The number of nitrogens with zero attached hydrogens (tertiary/aromatic N) is 5. The second-order valence-corrected chi connectivity index (χ2v) is 16.4. The molecule has 4 aliphatic rings. The summed E-state index contributed by atoms with van der Waals surface area (Å²) in [5.74, 6) is 2.95. The van der Waals surface area contributed by atoms with E-state index >= 15 is 0 Å². The third-order valence-electron chi connectivity index (χ3n) is 12.2. The molecule has 2 aromatic carbocycles. The van der Waals surface area contributed by atoms with E-state index in [0.29, 0.717) is 6.42 Å². The maximum atomic E-state index is 14.8. The number of hydrogen-bond donors (Lipinski definition) is 1. The molecule has 2 aromatic heterocycles. The zero-order valence-corrected chi connectivity index (χ0v) is 33.2. The van der Waals surface area contributed by atoms with Gasteiger partial charge in [-0.25, -0.2) is 15.2 Å². The lowest BCUT2D eigenvalue weighted by molar-refractivity contribution is -0.0492. The number of methoxy groups -OCH3 is 4. The first kappa shape index (κ1) is 37.3. The number of ether oxygens (including phenoxy) is 5. The minimum atomic E-state index is -0.691. The van der Waals surface area contributed by atoms with E-state index in [1.165, 1.54) is 22.3 Å². The van der Waals surface area contributed by atoms with Crippen LogP contribution >= 0.6 is 0 Å². The number of benzene rings is 2. The SMILES string of the molecule is COc1cc2c(cc1OC)C1CC(NN(C(=O)OC(C)(C)C)C3CC4c5cc(OC)c(OC)cc5CCN4CC3n3cccc3)C(n3cccc3)CN1CC2. The number of carbonyl (C=O) groups is 1. The highest BCUT2D eigenvalue weighted by molar-refractivity contribution is 5.68. The van der Waals surface area contributed by atoms with Gasteiger partial charge >= 0.3 is 6.09 Å². The van der Waals surface area contributed by atoms with Crippen molar-refractivity contribution in [3.63, 3.8) is 0 Å². The predicted octanol–water partition coefficient (Wildman–Crippen LogP) is 6.59. The third kappa shape index (κ3) is 7.16. The van der Waals surface area contributed by atoms with Crippen LogP contribution in [0.2, 0.25) is 0 Å². The van der Waals surface area contributed by atoms with Crippen LogP contribution in [0.25, 0.3) is 0 Å². The first-order chi connectivity index (χ1) is 26.6. The van der Waals surface area contributed by atoms with Gasteiger partial charge in [-0.2, -0.15) is 0 Å². The van der Waals surface area contributed by atoms with Gasteiger partial charge in [0, 0.05) is 63.1 Å². The number of hydrazine groups is 1. The van der Waals surface area contributed by atoms with Gasteiger partial charge in [-0.05, 0) is 117 Å². The maximum Gasteiger partial charge on any atom is 0.425 e. The fourth-order valence-corrected chi connectivity index (χ4v) is 9.58. The van der Waals surface area contributed by atoms with E-state index in [1.807, 2.05) is 25.8 Å². The number of aromatic nitrogens is 2. The summed E-state index contributed by atoms with van der Waals surface area (Å²) in [7, 11) is 6.76. The summed E-state index contributed by atoms with van der Waals surface area (Å²) >= 11 is 0. The summed E-state index contributed by atoms with van der Waals surface area (Å²) in [4.78, 5) is 20.0. The molecule has 4 aliphatic heterocycles. The van der Waals surface area contributed by atoms with Gasteiger partial charge < -0.3 is 32.8 Å². The smallest absolute Gasteiger partial charge is 0.425 e. The molecular formula is C43H56N6O6. The maximum absolute atomic E-state index is 14.8. The standard InChI is InChI=1S/C43H56N6O6/c1-43(2,3)55-42(50)49(35-25-34-31-23-41(54-7)39(52-5)21-29(31)13-19-48(34)27-37(35)46-16-10-11-17-46)44-32-24-33-30-22-40(53-6)38(51-4)20-28(30)12-18-47(33)26-36(32)45-14-8-9-15-45/h8-11,14-17,20-23,32-37,44H,12-13,18-19,24-27H2,1-7H3. The molecule has 8 rings (SSSR count). The number of fused-ring (bicyclic) bond motifs is 6. The van der Waals surface area contributed by atoms with Crippen LogP contribution in [0, 0.1) is 0 Å². The van der Waals surface area contributed by atoms with Crippen LogP contribution in [0.15, 0.2) is 73.3 Å². The third-order valence-corrected chi connectivity index (χ3v) is 12.2. The molecule has 0 radical (unpaired) electrons. The van der Waals surface area contributed by atoms with Crippen LogP contribution in [0.4, 0.5) is 4.79 Å². The van der Waals surface area contributed by atoms with E-state index in [0.717, 1.165) is 68.4 Å². The topological polar surface area (TPSA) is 94.8 Å². The molecule has 6 heterocycles. The van der Waals surface area contributed by atoms with Crippen LogP contribution in [0.3, 0.4) is 0 Å². The Morgan fingerprint density at radius 3 is 1.62 bits per heavy atom. The number of nitrogens with one attached hydrogen (secondary N) is 1. The molecule has 0 spiro atoms. The van der Waals surface area contributed by atoms with Crippen molar-refractivity contribution in [2.45, 2.75) is 88.3 Å². The largest absolute Gasteiger partial charge is 0.493 e. The first-order valence-electron chi connectivity index (χ1n) is 19.6. The number of carbonyl (C=O) groups excluding carboxylic acids is 1. The number of piperidine rings is 2. The van der Waals surface area contributed by atoms with Crippen molar-refractivity contribution in [3.8, 4) is 23.0 Å². The highest BCUT2D eigenvalue weighted by atomic mass is 16.6. The van der Waals surface area contributed by atoms with Crippen LogP contribution in [-0.2, 0) is 17.6 Å². The van der Waals surface area contributed by atoms with Gasteiger partial charge in [0.05, 0.1) is 52.6 Å². The fraction of sp³-hybridized carbons (Fsp3) is 0.512. The molecule has 1 amide bonds. The lowest BCUT2D eigenvalue weighted by Gasteiger charge is -2.52. The monoisotopic (exact) mass is 752 g/mol. The average molecular weight is 753 g/mol. The molecule has 55 heavy (non-hydrogen) atoms. The van der Waals surface area contributed by atoms with Crippen LogP contribution in [0.5, 0.6) is 23.0 Å². The first-order valence-corrected chi connectivity index (χ1v) is 19.6. The van der Waals surface area contributed by atoms with Crippen molar-refractivity contribution in [2.75, 3.05) is 54.6 Å². The van der Waals surface area contributed by atoms with Gasteiger partial charge in [-0.3, -0.25) is 9.80 Å². The normalized spacial score (nSPS) is 25.1. The van der Waals surface area contributed by atoms with Gasteiger partial charge in [-0.15, -0.1) is 0 Å². The zero-order chi connectivity index (χ0) is 38.4. The molecular weight excluding hydrogens is 697 g/mol. The number of amides is 1. The second-order valence-electron chi connectivity index (χ2n) is 16.4. The van der Waals surface area contributed by atoms with Gasteiger partial charge in [0.25, 0.3) is 0 Å². The summed E-state index contributed by atoms with van der Waals surface area (Å²) in [5.41, 5.74) is 8.27. The summed E-state index contributed by atoms with van der Waals surface area (Å²) in [6, 6.07) is 16.8. The Bertz CT molecular complexity index is 1960. The summed E-state index contributed by atoms with van der Waals surface area (Å²) in [6.45, 7) is 9.27. The van der Waals surface area contributed by atoms with E-state index < -0.39 is 5.60 Å². The molecule has 6 unspecified atom stereocenters. The Hall–Kier alpha value is -4.65. The molecule has 0 aliphatic carbocycles. The summed E-state index contributed by atoms with van der Waals surface area (Å²) < 4.78 is 33.9. The van der Waals surface area contributed by atoms with Crippen LogP contribution < -0.4 is 24.4 Å². The molecule has 1 N–H and O–H groups in total. The highest BCUT2D eigenvalue weighted by Gasteiger charge is 2.47. The number of rotatable bonds is 9. The molecule has 4 aromatic rings. The van der Waals surface area contributed by atoms with Crippen molar-refractivity contribution in [2.24, 2.45) is 0 Å². The lowest BCUT2D eigenvalue weighted by atomic mass is 9.82. The van der Waals surface area contributed by atoms with E-state index in [-0.39, 0.29) is 42.3 Å². The van der Waals surface area contributed by atoms with Gasteiger partial charge in [0.2, 0.25) is 0 Å². The minimum Gasteiger partial charge on any atom is -0.493 e.